The molecule has 1 saturated heterocycles. The molecule has 4 aliphatic rings. The fourth-order valence-electron chi connectivity index (χ4n) is 6.51. The Morgan fingerprint density at radius 2 is 1.68 bits per heavy atom. The number of rotatable bonds is 3. The van der Waals surface area contributed by atoms with Crippen molar-refractivity contribution in [1.29, 1.82) is 0 Å². The lowest BCUT2D eigenvalue weighted by Crippen LogP contribution is -2.40. The number of allylic oxidation sites excluding steroid dienone is 6. The third kappa shape index (κ3) is 3.54. The van der Waals surface area contributed by atoms with E-state index in [0.29, 0.717) is 23.1 Å². The summed E-state index contributed by atoms with van der Waals surface area (Å²) < 4.78 is 0. The third-order valence-corrected chi connectivity index (χ3v) is 8.22. The molecule has 0 spiro atoms. The maximum absolute atomic E-state index is 13.9. The zero-order valence-electron chi connectivity index (χ0n) is 20.5. The van der Waals surface area contributed by atoms with E-state index in [1.807, 2.05) is 6.08 Å². The number of nitrogens with zero attached hydrogens (tertiary/aromatic N) is 1. The predicted molar refractivity (Wildman–Crippen MR) is 138 cm³/mol. The second-order valence-corrected chi connectivity index (χ2v) is 10.3. The van der Waals surface area contributed by atoms with Crippen LogP contribution in [0.3, 0.4) is 0 Å². The molecule has 1 aliphatic heterocycles. The van der Waals surface area contributed by atoms with Gasteiger partial charge in [-0.15, -0.1) is 0 Å². The molecule has 0 unspecified atom stereocenters. The van der Waals surface area contributed by atoms with Gasteiger partial charge in [-0.1, -0.05) is 35.9 Å². The molecule has 4 atom stereocenters. The topological polar surface area (TPSA) is 132 Å². The van der Waals surface area contributed by atoms with Crippen molar-refractivity contribution in [3.8, 4) is 5.75 Å². The fraction of sp³-hybridized carbons (Fsp3) is 0.241. The SMILES string of the molecule is CC1=CC(=O)C2=C(C[C@@H]3C(=CC[C@@H]4C(=O)N(c5cccc(B(O)O)c5)C(=O)[C@@H]43)[C@@H]2c2ccc(O)cc2)C1=O. The minimum atomic E-state index is -1.75. The first kappa shape index (κ1) is 24.3. The molecule has 9 heteroatoms. The average Bonchev–Trinajstić information content (AvgIpc) is 3.16. The predicted octanol–water partition coefficient (Wildman–Crippen LogP) is 1.71. The number of phenols is 1. The molecule has 0 aromatic heterocycles. The molecular formula is C29H24BNO7. The minimum absolute atomic E-state index is 0.0669. The molecule has 3 aliphatic carbocycles. The Morgan fingerprint density at radius 1 is 0.947 bits per heavy atom. The van der Waals surface area contributed by atoms with Crippen LogP contribution in [0.5, 0.6) is 5.75 Å². The van der Waals surface area contributed by atoms with E-state index in [1.54, 1.807) is 31.2 Å². The highest BCUT2D eigenvalue weighted by molar-refractivity contribution is 6.58. The van der Waals surface area contributed by atoms with Crippen molar-refractivity contribution in [2.75, 3.05) is 4.90 Å². The van der Waals surface area contributed by atoms with Gasteiger partial charge in [-0.05, 0) is 67.1 Å². The van der Waals surface area contributed by atoms with E-state index < -0.39 is 36.7 Å². The lowest BCUT2D eigenvalue weighted by Gasteiger charge is -2.42. The second-order valence-electron chi connectivity index (χ2n) is 10.3. The first-order valence-electron chi connectivity index (χ1n) is 12.5. The minimum Gasteiger partial charge on any atom is -0.508 e. The monoisotopic (exact) mass is 509 g/mol. The number of carbonyl (C=O) groups is 4. The smallest absolute Gasteiger partial charge is 0.488 e. The zero-order chi connectivity index (χ0) is 26.9. The number of imide groups is 1. The summed E-state index contributed by atoms with van der Waals surface area (Å²) in [6.07, 6.45) is 3.76. The van der Waals surface area contributed by atoms with Crippen molar-refractivity contribution in [1.82, 2.24) is 0 Å². The summed E-state index contributed by atoms with van der Waals surface area (Å²) in [4.78, 5) is 55.1. The molecule has 2 aromatic carbocycles. The van der Waals surface area contributed by atoms with Gasteiger partial charge < -0.3 is 15.2 Å². The molecule has 1 heterocycles. The molecule has 2 aromatic rings. The van der Waals surface area contributed by atoms with Crippen molar-refractivity contribution in [3.63, 3.8) is 0 Å². The molecule has 190 valence electrons. The number of amides is 2. The van der Waals surface area contributed by atoms with Crippen LogP contribution in [0, 0.1) is 17.8 Å². The van der Waals surface area contributed by atoms with E-state index in [-0.39, 0.29) is 40.8 Å². The van der Waals surface area contributed by atoms with Gasteiger partial charge in [0.05, 0.1) is 17.5 Å². The van der Waals surface area contributed by atoms with Crippen LogP contribution in [0.25, 0.3) is 0 Å². The van der Waals surface area contributed by atoms with Crippen LogP contribution in [-0.2, 0) is 19.2 Å². The van der Waals surface area contributed by atoms with Gasteiger partial charge in [-0.3, -0.25) is 24.1 Å². The maximum atomic E-state index is 13.9. The molecule has 0 radical (unpaired) electrons. The van der Waals surface area contributed by atoms with E-state index in [9.17, 15) is 34.3 Å². The van der Waals surface area contributed by atoms with Crippen LogP contribution >= 0.6 is 0 Å². The van der Waals surface area contributed by atoms with Gasteiger partial charge in [0.2, 0.25) is 11.8 Å². The summed E-state index contributed by atoms with van der Waals surface area (Å²) in [5.74, 6) is -3.59. The Hall–Kier alpha value is -4.08. The van der Waals surface area contributed by atoms with Gasteiger partial charge in [0, 0.05) is 22.6 Å². The molecular weight excluding hydrogens is 485 g/mol. The first-order valence-corrected chi connectivity index (χ1v) is 12.5. The Bertz CT molecular complexity index is 1520. The standard InChI is InChI=1S/C29H24BNO7/c1-14-11-23(33)26-22(27(14)34)13-21-19(24(26)15-5-7-18(32)8-6-15)9-10-20-25(21)29(36)31(28(20)35)17-4-2-3-16(12-17)30(37)38/h2-9,11-12,20-21,24-25,32,37-38H,10,13H2,1H3/t20-,21+,24-,25-/m0/s1. The Morgan fingerprint density at radius 3 is 2.39 bits per heavy atom. The highest BCUT2D eigenvalue weighted by atomic mass is 16.4. The molecule has 1 fully saturated rings. The number of anilines is 1. The number of benzene rings is 2. The summed E-state index contributed by atoms with van der Waals surface area (Å²) in [5.41, 5.74) is 3.07. The highest BCUT2D eigenvalue weighted by Gasteiger charge is 2.56. The van der Waals surface area contributed by atoms with E-state index in [4.69, 9.17) is 0 Å². The number of carbonyl (C=O) groups excluding carboxylic acids is 4. The van der Waals surface area contributed by atoms with Crippen LogP contribution < -0.4 is 10.4 Å². The van der Waals surface area contributed by atoms with E-state index in [2.05, 4.69) is 0 Å². The summed E-state index contributed by atoms with van der Waals surface area (Å²) in [7, 11) is -1.75. The van der Waals surface area contributed by atoms with Crippen LogP contribution in [0.2, 0.25) is 0 Å². The van der Waals surface area contributed by atoms with Gasteiger partial charge in [0.15, 0.2) is 11.6 Å². The van der Waals surface area contributed by atoms with Crippen LogP contribution in [0.15, 0.2) is 83.0 Å². The fourth-order valence-corrected chi connectivity index (χ4v) is 6.51. The summed E-state index contributed by atoms with van der Waals surface area (Å²) >= 11 is 0. The van der Waals surface area contributed by atoms with Crippen molar-refractivity contribution >= 4 is 41.6 Å². The number of Topliss-reactive ketones (excluding diaryl/α,β-unsaturated/α-hetero) is 1. The molecule has 0 saturated carbocycles. The largest absolute Gasteiger partial charge is 0.508 e. The average molecular weight is 509 g/mol. The molecule has 8 nitrogen and oxygen atoms in total. The van der Waals surface area contributed by atoms with Crippen molar-refractivity contribution in [2.24, 2.45) is 17.8 Å². The molecule has 38 heavy (non-hydrogen) atoms. The first-order chi connectivity index (χ1) is 18.2. The summed E-state index contributed by atoms with van der Waals surface area (Å²) in [6.45, 7) is 1.60. The van der Waals surface area contributed by atoms with Gasteiger partial charge in [0.1, 0.15) is 5.75 Å². The number of hydrogen-bond acceptors (Lipinski definition) is 7. The number of fused-ring (bicyclic) bond motifs is 3. The Balaban J connectivity index is 1.46. The summed E-state index contributed by atoms with van der Waals surface area (Å²) in [6, 6.07) is 12.5. The van der Waals surface area contributed by atoms with Crippen LogP contribution in [0.1, 0.15) is 31.2 Å². The van der Waals surface area contributed by atoms with Crippen molar-refractivity contribution in [2.45, 2.75) is 25.7 Å². The van der Waals surface area contributed by atoms with Gasteiger partial charge in [0.25, 0.3) is 0 Å². The number of ketones is 2. The molecule has 0 bridgehead atoms. The van der Waals surface area contributed by atoms with E-state index >= 15 is 0 Å². The van der Waals surface area contributed by atoms with Crippen LogP contribution in [0.4, 0.5) is 5.69 Å². The Labute approximate surface area is 218 Å². The third-order valence-electron chi connectivity index (χ3n) is 8.22. The number of aromatic hydroxyl groups is 1. The Kier molecular flexibility index (Phi) is 5.59. The van der Waals surface area contributed by atoms with Gasteiger partial charge in [-0.2, -0.15) is 0 Å². The molecule has 6 rings (SSSR count). The molecule has 2 amide bonds. The highest BCUT2D eigenvalue weighted by Crippen LogP contribution is 2.55. The zero-order valence-corrected chi connectivity index (χ0v) is 20.5. The molecule has 3 N–H and O–H groups in total. The number of hydrogen-bond donors (Lipinski definition) is 3. The summed E-state index contributed by atoms with van der Waals surface area (Å²) in [5, 5.41) is 29.0. The van der Waals surface area contributed by atoms with E-state index in [0.717, 1.165) is 16.0 Å². The van der Waals surface area contributed by atoms with Gasteiger partial charge >= 0.3 is 7.12 Å². The quantitative estimate of drug-likeness (QED) is 0.248. The van der Waals surface area contributed by atoms with E-state index in [1.165, 1.54) is 30.3 Å². The van der Waals surface area contributed by atoms with Crippen LogP contribution in [-0.4, -0.2) is 45.7 Å². The van der Waals surface area contributed by atoms with Crippen molar-refractivity contribution < 1.29 is 34.3 Å². The number of phenolic OH excluding ortho intramolecular Hbond substituents is 1. The lowest BCUT2D eigenvalue weighted by atomic mass is 9.59. The maximum Gasteiger partial charge on any atom is 0.488 e. The van der Waals surface area contributed by atoms with Crippen molar-refractivity contribution in [3.05, 3.63) is 88.5 Å². The lowest BCUT2D eigenvalue weighted by molar-refractivity contribution is -0.123. The van der Waals surface area contributed by atoms with Gasteiger partial charge in [-0.25, -0.2) is 0 Å². The normalized spacial score (nSPS) is 26.6. The second kappa shape index (κ2) is 8.75.